The number of carbonyl (C=O) groups excluding carboxylic acids is 2. The van der Waals surface area contributed by atoms with E-state index in [0.29, 0.717) is 18.6 Å². The molecule has 0 amide bonds. The van der Waals surface area contributed by atoms with Crippen LogP contribution in [0.25, 0.3) is 0 Å². The minimum absolute atomic E-state index is 0.0154. The van der Waals surface area contributed by atoms with Crippen molar-refractivity contribution in [3.8, 4) is 0 Å². The lowest BCUT2D eigenvalue weighted by atomic mass is 9.88. The van der Waals surface area contributed by atoms with Crippen LogP contribution in [0.2, 0.25) is 0 Å². The Balaban J connectivity index is 2.22. The topological polar surface area (TPSA) is 52.6 Å². The molecule has 1 saturated heterocycles. The molecule has 4 nitrogen and oxygen atoms in total. The Morgan fingerprint density at radius 1 is 1.19 bits per heavy atom. The van der Waals surface area contributed by atoms with Gasteiger partial charge in [0.2, 0.25) is 0 Å². The standard InChI is InChI=1S/C22H30O4/c1-15-7-5-9-16(2)13-21-20(17(3)22(24)26-21)12-11-19(10-6-8-15)14-25-18(4)23/h8-9,11,20-21H,3,5-7,10,12-14H2,1-2,4H3. The molecular weight excluding hydrogens is 328 g/mol. The Morgan fingerprint density at radius 2 is 1.88 bits per heavy atom. The fourth-order valence-corrected chi connectivity index (χ4v) is 3.42. The lowest BCUT2D eigenvalue weighted by molar-refractivity contribution is -0.140. The summed E-state index contributed by atoms with van der Waals surface area (Å²) >= 11 is 0. The number of carbonyl (C=O) groups is 2. The third kappa shape index (κ3) is 6.01. The van der Waals surface area contributed by atoms with E-state index < -0.39 is 0 Å². The molecule has 0 aromatic heterocycles. The summed E-state index contributed by atoms with van der Waals surface area (Å²) < 4.78 is 10.8. The molecule has 1 heterocycles. The SMILES string of the molecule is C=C1C(=O)OC2CC(C)=CCCC(C)=CCCC(COC(C)=O)=CCC12. The third-order valence-corrected chi connectivity index (χ3v) is 5.05. The normalized spacial score (nSPS) is 25.3. The largest absolute Gasteiger partial charge is 0.461 e. The highest BCUT2D eigenvalue weighted by molar-refractivity contribution is 5.90. The maximum Gasteiger partial charge on any atom is 0.334 e. The number of hydrogen-bond acceptors (Lipinski definition) is 4. The third-order valence-electron chi connectivity index (χ3n) is 5.05. The van der Waals surface area contributed by atoms with Gasteiger partial charge in [-0.15, -0.1) is 0 Å². The molecule has 0 spiro atoms. The average Bonchev–Trinajstić information content (AvgIpc) is 2.83. The van der Waals surface area contributed by atoms with E-state index in [9.17, 15) is 9.59 Å². The van der Waals surface area contributed by atoms with Crippen LogP contribution in [0.3, 0.4) is 0 Å². The lowest BCUT2D eigenvalue weighted by Crippen LogP contribution is -2.17. The summed E-state index contributed by atoms with van der Waals surface area (Å²) in [4.78, 5) is 23.2. The van der Waals surface area contributed by atoms with Gasteiger partial charge in [0.1, 0.15) is 12.7 Å². The Morgan fingerprint density at radius 3 is 2.62 bits per heavy atom. The predicted octanol–water partition coefficient (Wildman–Crippen LogP) is 4.82. The minimum atomic E-state index is -0.287. The molecule has 0 bridgehead atoms. The van der Waals surface area contributed by atoms with Crippen LogP contribution in [0.15, 0.2) is 47.1 Å². The molecular formula is C22H30O4. The van der Waals surface area contributed by atoms with Crippen molar-refractivity contribution in [1.82, 2.24) is 0 Å². The van der Waals surface area contributed by atoms with Gasteiger partial charge in [-0.05, 0) is 51.5 Å². The van der Waals surface area contributed by atoms with Gasteiger partial charge < -0.3 is 9.47 Å². The van der Waals surface area contributed by atoms with Crippen molar-refractivity contribution in [2.24, 2.45) is 5.92 Å². The van der Waals surface area contributed by atoms with Crippen LogP contribution < -0.4 is 0 Å². The van der Waals surface area contributed by atoms with Crippen molar-refractivity contribution in [3.63, 3.8) is 0 Å². The van der Waals surface area contributed by atoms with Gasteiger partial charge in [-0.1, -0.05) is 36.0 Å². The second-order valence-corrected chi connectivity index (χ2v) is 7.34. The molecule has 2 unspecified atom stereocenters. The Kier molecular flexibility index (Phi) is 7.43. The smallest absolute Gasteiger partial charge is 0.334 e. The zero-order chi connectivity index (χ0) is 19.1. The van der Waals surface area contributed by atoms with Crippen molar-refractivity contribution in [2.45, 2.75) is 65.4 Å². The highest BCUT2D eigenvalue weighted by Gasteiger charge is 2.37. The Labute approximate surface area is 156 Å². The summed E-state index contributed by atoms with van der Waals surface area (Å²) in [5.41, 5.74) is 4.25. The molecule has 0 radical (unpaired) electrons. The molecule has 1 aliphatic heterocycles. The molecule has 2 atom stereocenters. The van der Waals surface area contributed by atoms with Gasteiger partial charge in [0.05, 0.1) is 0 Å². The van der Waals surface area contributed by atoms with Crippen LogP contribution in [0, 0.1) is 5.92 Å². The summed E-state index contributed by atoms with van der Waals surface area (Å²) in [6.45, 7) is 9.92. The van der Waals surface area contributed by atoms with Crippen LogP contribution in [0.5, 0.6) is 0 Å². The first-order valence-electron chi connectivity index (χ1n) is 9.39. The van der Waals surface area contributed by atoms with E-state index >= 15 is 0 Å². The Hall–Kier alpha value is -2.10. The summed E-state index contributed by atoms with van der Waals surface area (Å²) in [6, 6.07) is 0. The zero-order valence-electron chi connectivity index (χ0n) is 16.2. The molecule has 4 heteroatoms. The van der Waals surface area contributed by atoms with E-state index in [2.05, 4.69) is 38.7 Å². The Bertz CT molecular complexity index is 651. The maximum absolute atomic E-state index is 12.0. The molecule has 2 aliphatic rings. The molecule has 0 aromatic rings. The second-order valence-electron chi connectivity index (χ2n) is 7.34. The quantitative estimate of drug-likeness (QED) is 0.403. The van der Waals surface area contributed by atoms with Crippen LogP contribution in [-0.4, -0.2) is 24.6 Å². The number of esters is 2. The van der Waals surface area contributed by atoms with E-state index in [1.165, 1.54) is 18.1 Å². The number of hydrogen-bond donors (Lipinski definition) is 0. The fraction of sp³-hybridized carbons (Fsp3) is 0.545. The van der Waals surface area contributed by atoms with Crippen LogP contribution in [0.4, 0.5) is 0 Å². The van der Waals surface area contributed by atoms with Crippen LogP contribution in [-0.2, 0) is 19.1 Å². The maximum atomic E-state index is 12.0. The average molecular weight is 358 g/mol. The molecule has 0 N–H and O–H groups in total. The van der Waals surface area contributed by atoms with E-state index in [-0.39, 0.29) is 24.0 Å². The number of rotatable bonds is 2. The van der Waals surface area contributed by atoms with E-state index in [1.54, 1.807) is 0 Å². The van der Waals surface area contributed by atoms with Crippen molar-refractivity contribution >= 4 is 11.9 Å². The highest BCUT2D eigenvalue weighted by Crippen LogP contribution is 2.34. The monoisotopic (exact) mass is 358 g/mol. The summed E-state index contributed by atoms with van der Waals surface area (Å²) in [6.07, 6.45) is 11.7. The second kappa shape index (κ2) is 9.56. The molecule has 0 aromatic carbocycles. The zero-order valence-corrected chi connectivity index (χ0v) is 16.2. The fourth-order valence-electron chi connectivity index (χ4n) is 3.42. The van der Waals surface area contributed by atoms with E-state index in [1.807, 2.05) is 0 Å². The van der Waals surface area contributed by atoms with E-state index in [4.69, 9.17) is 9.47 Å². The van der Waals surface area contributed by atoms with Gasteiger partial charge in [-0.25, -0.2) is 4.79 Å². The molecule has 1 fully saturated rings. The van der Waals surface area contributed by atoms with Crippen molar-refractivity contribution in [1.29, 1.82) is 0 Å². The highest BCUT2D eigenvalue weighted by atomic mass is 16.6. The minimum Gasteiger partial charge on any atom is -0.461 e. The molecule has 142 valence electrons. The summed E-state index contributed by atoms with van der Waals surface area (Å²) in [5, 5.41) is 0. The van der Waals surface area contributed by atoms with E-state index in [0.717, 1.165) is 37.7 Å². The van der Waals surface area contributed by atoms with Gasteiger partial charge in [0, 0.05) is 24.8 Å². The van der Waals surface area contributed by atoms with Crippen molar-refractivity contribution < 1.29 is 19.1 Å². The first kappa shape index (κ1) is 20.2. The number of ether oxygens (including phenoxy) is 2. The number of allylic oxidation sites excluding steroid dienone is 4. The van der Waals surface area contributed by atoms with Crippen LogP contribution in [0.1, 0.15) is 59.3 Å². The summed E-state index contributed by atoms with van der Waals surface area (Å²) in [5.74, 6) is -0.581. The molecule has 26 heavy (non-hydrogen) atoms. The lowest BCUT2D eigenvalue weighted by Gasteiger charge is -2.18. The van der Waals surface area contributed by atoms with Gasteiger partial charge in [0.25, 0.3) is 0 Å². The molecule has 0 saturated carbocycles. The predicted molar refractivity (Wildman–Crippen MR) is 102 cm³/mol. The van der Waals surface area contributed by atoms with Crippen LogP contribution >= 0.6 is 0 Å². The summed E-state index contributed by atoms with van der Waals surface area (Å²) in [7, 11) is 0. The van der Waals surface area contributed by atoms with Gasteiger partial charge >= 0.3 is 11.9 Å². The molecule has 2 rings (SSSR count). The first-order chi connectivity index (χ1) is 12.4. The number of fused-ring (bicyclic) bond motifs is 1. The first-order valence-corrected chi connectivity index (χ1v) is 9.39. The van der Waals surface area contributed by atoms with Crippen molar-refractivity contribution in [3.05, 3.63) is 47.1 Å². The van der Waals surface area contributed by atoms with Gasteiger partial charge in [-0.2, -0.15) is 0 Å². The molecule has 1 aliphatic carbocycles. The van der Waals surface area contributed by atoms with Gasteiger partial charge in [0.15, 0.2) is 0 Å². The van der Waals surface area contributed by atoms with Crippen molar-refractivity contribution in [2.75, 3.05) is 6.61 Å². The van der Waals surface area contributed by atoms with Gasteiger partial charge in [-0.3, -0.25) is 4.79 Å².